The number of methoxy groups -OCH3 is 2. The van der Waals surface area contributed by atoms with Crippen LogP contribution in [0.5, 0.6) is 34.5 Å². The maximum atomic E-state index is 12.4. The molecule has 42 heavy (non-hydrogen) atoms. The summed E-state index contributed by atoms with van der Waals surface area (Å²) in [5.74, 6) is -1.08. The van der Waals surface area contributed by atoms with E-state index in [4.69, 9.17) is 28.4 Å². The van der Waals surface area contributed by atoms with Crippen LogP contribution in [-0.4, -0.2) is 38.1 Å². The van der Waals surface area contributed by atoms with Gasteiger partial charge in [0.15, 0.2) is 0 Å². The van der Waals surface area contributed by atoms with Crippen molar-refractivity contribution in [1.29, 1.82) is 0 Å². The number of esters is 4. The lowest BCUT2D eigenvalue weighted by Crippen LogP contribution is -2.08. The Hall–Kier alpha value is -5.12. The summed E-state index contributed by atoms with van der Waals surface area (Å²) in [6.07, 6.45) is 0. The van der Waals surface area contributed by atoms with Crippen molar-refractivity contribution >= 4 is 45.4 Å². The first-order chi connectivity index (χ1) is 19.8. The van der Waals surface area contributed by atoms with Crippen LogP contribution in [0.3, 0.4) is 0 Å². The monoisotopic (exact) mass is 574 g/mol. The Morgan fingerprint density at radius 1 is 0.476 bits per heavy atom. The minimum absolute atomic E-state index is 0.109. The molecule has 0 fully saturated rings. The molecule has 4 rings (SSSR count). The first-order valence-corrected chi connectivity index (χ1v) is 12.9. The van der Waals surface area contributed by atoms with E-state index in [1.807, 2.05) is 0 Å². The van der Waals surface area contributed by atoms with Gasteiger partial charge in [0.2, 0.25) is 0 Å². The highest BCUT2D eigenvalue weighted by atomic mass is 16.6. The van der Waals surface area contributed by atoms with Crippen molar-refractivity contribution in [1.82, 2.24) is 0 Å². The quantitative estimate of drug-likeness (QED) is 0.192. The van der Waals surface area contributed by atoms with Gasteiger partial charge in [0, 0.05) is 49.6 Å². The van der Waals surface area contributed by atoms with E-state index in [9.17, 15) is 19.2 Å². The van der Waals surface area contributed by atoms with Crippen LogP contribution >= 0.6 is 0 Å². The summed E-state index contributed by atoms with van der Waals surface area (Å²) < 4.78 is 34.0. The third kappa shape index (κ3) is 5.83. The van der Waals surface area contributed by atoms with E-state index in [1.54, 1.807) is 50.2 Å². The molecule has 0 heterocycles. The molecule has 0 aliphatic carbocycles. The van der Waals surface area contributed by atoms with E-state index >= 15 is 0 Å². The molecule has 0 spiro atoms. The summed E-state index contributed by atoms with van der Waals surface area (Å²) in [6.45, 7) is 8.66. The Morgan fingerprint density at radius 3 is 1.10 bits per heavy atom. The molecule has 0 saturated heterocycles. The molecule has 0 bridgehead atoms. The highest BCUT2D eigenvalue weighted by molar-refractivity contribution is 6.09. The van der Waals surface area contributed by atoms with Crippen molar-refractivity contribution in [3.63, 3.8) is 0 Å². The van der Waals surface area contributed by atoms with Gasteiger partial charge in [-0.15, -0.1) is 0 Å². The van der Waals surface area contributed by atoms with Gasteiger partial charge in [0.25, 0.3) is 0 Å². The normalized spacial score (nSPS) is 10.8. The summed E-state index contributed by atoms with van der Waals surface area (Å²) in [7, 11) is 2.90. The topological polar surface area (TPSA) is 124 Å². The fourth-order valence-corrected chi connectivity index (χ4v) is 4.90. The van der Waals surface area contributed by atoms with Crippen LogP contribution in [-0.2, 0) is 19.2 Å². The van der Waals surface area contributed by atoms with Crippen molar-refractivity contribution in [2.45, 2.75) is 41.5 Å². The fourth-order valence-electron chi connectivity index (χ4n) is 4.90. The SMILES string of the molecule is COc1cc(-c2cc(OC)c3c(OC(C)=O)cc(C)cc3c2OC(C)=O)c(OC(C)=O)c2cc(C)cc(OC(C)=O)c12. The van der Waals surface area contributed by atoms with Crippen LogP contribution in [0.2, 0.25) is 0 Å². The van der Waals surface area contributed by atoms with Gasteiger partial charge >= 0.3 is 23.9 Å². The van der Waals surface area contributed by atoms with E-state index < -0.39 is 23.9 Å². The average molecular weight is 575 g/mol. The van der Waals surface area contributed by atoms with Gasteiger partial charge in [-0.2, -0.15) is 0 Å². The number of carbonyl (C=O) groups is 4. The molecule has 218 valence electrons. The lowest BCUT2D eigenvalue weighted by Gasteiger charge is -2.22. The van der Waals surface area contributed by atoms with Gasteiger partial charge in [-0.05, 0) is 61.4 Å². The van der Waals surface area contributed by atoms with Gasteiger partial charge in [-0.25, -0.2) is 0 Å². The van der Waals surface area contributed by atoms with Gasteiger partial charge < -0.3 is 28.4 Å². The average Bonchev–Trinajstić information content (AvgIpc) is 2.88. The first kappa shape index (κ1) is 29.9. The first-order valence-electron chi connectivity index (χ1n) is 12.9. The van der Waals surface area contributed by atoms with Crippen LogP contribution in [0.25, 0.3) is 32.7 Å². The summed E-state index contributed by atoms with van der Waals surface area (Å²) in [5, 5.41) is 1.61. The molecule has 4 aromatic carbocycles. The summed E-state index contributed by atoms with van der Waals surface area (Å²) in [4.78, 5) is 48.8. The number of ether oxygens (including phenoxy) is 6. The van der Waals surface area contributed by atoms with E-state index in [1.165, 1.54) is 41.9 Å². The van der Waals surface area contributed by atoms with Crippen molar-refractivity contribution in [2.75, 3.05) is 14.2 Å². The van der Waals surface area contributed by atoms with Gasteiger partial charge in [-0.1, -0.05) is 0 Å². The van der Waals surface area contributed by atoms with Crippen LogP contribution in [0.1, 0.15) is 38.8 Å². The molecule has 0 saturated carbocycles. The van der Waals surface area contributed by atoms with E-state index in [0.717, 1.165) is 0 Å². The number of aryl methyl sites for hydroxylation is 2. The second kappa shape index (κ2) is 11.8. The maximum absolute atomic E-state index is 12.4. The zero-order valence-electron chi connectivity index (χ0n) is 24.5. The maximum Gasteiger partial charge on any atom is 0.308 e. The van der Waals surface area contributed by atoms with Crippen LogP contribution in [0, 0.1) is 13.8 Å². The molecule has 4 aromatic rings. The predicted molar refractivity (Wildman–Crippen MR) is 155 cm³/mol. The fraction of sp³-hybridized carbons (Fsp3) is 0.250. The second-order valence-corrected chi connectivity index (χ2v) is 9.66. The molecule has 0 atom stereocenters. The highest BCUT2D eigenvalue weighted by Crippen LogP contribution is 2.52. The van der Waals surface area contributed by atoms with Gasteiger partial charge in [0.05, 0.1) is 25.0 Å². The largest absolute Gasteiger partial charge is 0.496 e. The van der Waals surface area contributed by atoms with Gasteiger partial charge in [-0.3, -0.25) is 19.2 Å². The molecule has 0 aliphatic rings. The zero-order chi connectivity index (χ0) is 30.9. The highest BCUT2D eigenvalue weighted by Gasteiger charge is 2.27. The van der Waals surface area contributed by atoms with Crippen molar-refractivity contribution in [2.24, 2.45) is 0 Å². The van der Waals surface area contributed by atoms with Crippen molar-refractivity contribution in [3.05, 3.63) is 47.5 Å². The Bertz CT molecular complexity index is 1650. The van der Waals surface area contributed by atoms with Crippen LogP contribution in [0.4, 0.5) is 0 Å². The van der Waals surface area contributed by atoms with E-state index in [-0.39, 0.29) is 23.0 Å². The Balaban J connectivity index is 2.25. The van der Waals surface area contributed by atoms with Crippen LogP contribution in [0.15, 0.2) is 36.4 Å². The molecule has 0 radical (unpaired) electrons. The Morgan fingerprint density at radius 2 is 0.810 bits per heavy atom. The third-order valence-electron chi connectivity index (χ3n) is 6.24. The summed E-state index contributed by atoms with van der Waals surface area (Å²) >= 11 is 0. The third-order valence-corrected chi connectivity index (χ3v) is 6.24. The lowest BCUT2D eigenvalue weighted by atomic mass is 9.93. The second-order valence-electron chi connectivity index (χ2n) is 9.66. The van der Waals surface area contributed by atoms with Crippen molar-refractivity contribution in [3.8, 4) is 45.6 Å². The van der Waals surface area contributed by atoms with Crippen molar-refractivity contribution < 1.29 is 47.6 Å². The summed E-state index contributed by atoms with van der Waals surface area (Å²) in [6, 6.07) is 10.1. The molecular formula is C32H30O10. The lowest BCUT2D eigenvalue weighted by molar-refractivity contribution is -0.132. The van der Waals surface area contributed by atoms with E-state index in [0.29, 0.717) is 55.3 Å². The zero-order valence-corrected chi connectivity index (χ0v) is 24.5. The van der Waals surface area contributed by atoms with Gasteiger partial charge in [0.1, 0.15) is 34.5 Å². The number of benzene rings is 4. The molecule has 10 nitrogen and oxygen atoms in total. The minimum Gasteiger partial charge on any atom is -0.496 e. The molecule has 0 amide bonds. The predicted octanol–water partition coefficient (Wildman–Crippen LogP) is 6.00. The number of carbonyl (C=O) groups excluding carboxylic acids is 4. The smallest absolute Gasteiger partial charge is 0.308 e. The molecule has 0 unspecified atom stereocenters. The number of fused-ring (bicyclic) bond motifs is 2. The van der Waals surface area contributed by atoms with E-state index in [2.05, 4.69) is 0 Å². The van der Waals surface area contributed by atoms with Crippen LogP contribution < -0.4 is 28.4 Å². The standard InChI is InChI=1S/C32H30O10/c1-15-9-23-29(27(11-15)39-17(3)33)25(37-7)13-21(31(23)41-19(5)35)22-14-26(38-8)30-24(32(22)42-20(6)36)10-16(2)12-28(30)40-18(4)34/h9-14H,1-8H3. The Kier molecular flexibility index (Phi) is 8.37. The minimum atomic E-state index is -0.618. The Labute approximate surface area is 242 Å². The number of rotatable bonds is 7. The molecule has 10 heteroatoms. The molecule has 0 aliphatic heterocycles. The molecule has 0 N–H and O–H groups in total. The molecular weight excluding hydrogens is 544 g/mol. The number of hydrogen-bond donors (Lipinski definition) is 0. The molecule has 0 aromatic heterocycles. The summed E-state index contributed by atoms with van der Waals surface area (Å²) in [5.41, 5.74) is 2.07. The number of hydrogen-bond acceptors (Lipinski definition) is 10.